The van der Waals surface area contributed by atoms with Gasteiger partial charge in [0.15, 0.2) is 23.0 Å². The average molecular weight is 821 g/mol. The molecular weight excluding hydrogens is 765 g/mol. The van der Waals surface area contributed by atoms with E-state index in [1.165, 1.54) is 0 Å². The van der Waals surface area contributed by atoms with Gasteiger partial charge in [-0.1, -0.05) is 102 Å². The van der Waals surface area contributed by atoms with E-state index < -0.39 is 46.0 Å². The number of aromatic hydroxyl groups is 10. The minimum Gasteiger partial charge on any atom is -0.507 e. The molecule has 0 amide bonds. The zero-order chi connectivity index (χ0) is 43.4. The Labute approximate surface area is 348 Å². The highest BCUT2D eigenvalue weighted by molar-refractivity contribution is 6.23. The highest BCUT2D eigenvalue weighted by Gasteiger charge is 2.35. The van der Waals surface area contributed by atoms with Crippen LogP contribution < -0.4 is 11.5 Å². The second-order valence-electron chi connectivity index (χ2n) is 15.7. The molecule has 0 heterocycles. The molecular formula is C48H56N2O10. The van der Waals surface area contributed by atoms with E-state index in [0.717, 1.165) is 64.2 Å². The molecule has 0 aliphatic carbocycles. The van der Waals surface area contributed by atoms with Gasteiger partial charge in [-0.2, -0.15) is 0 Å². The van der Waals surface area contributed by atoms with Crippen LogP contribution in [0.4, 0.5) is 11.4 Å². The van der Waals surface area contributed by atoms with Gasteiger partial charge in [-0.05, 0) is 61.1 Å². The lowest BCUT2D eigenvalue weighted by molar-refractivity contribution is 0.350. The number of unbranched alkanes of at least 4 members (excludes halogenated alkanes) is 10. The molecule has 0 unspecified atom stereocenters. The third-order valence-electron chi connectivity index (χ3n) is 11.7. The van der Waals surface area contributed by atoms with Crippen molar-refractivity contribution in [3.8, 4) is 90.9 Å². The van der Waals surface area contributed by atoms with Gasteiger partial charge >= 0.3 is 0 Å². The van der Waals surface area contributed by atoms with Crippen LogP contribution in [0.15, 0.2) is 48.5 Å². The summed E-state index contributed by atoms with van der Waals surface area (Å²) in [6.45, 7) is 4.22. The molecule has 0 aliphatic heterocycles. The molecule has 0 saturated heterocycles. The van der Waals surface area contributed by atoms with E-state index in [9.17, 15) is 51.1 Å². The van der Waals surface area contributed by atoms with E-state index in [2.05, 4.69) is 13.8 Å². The molecule has 6 rings (SSSR count). The lowest BCUT2D eigenvalue weighted by atomic mass is 9.78. The lowest BCUT2D eigenvalue weighted by Gasteiger charge is -2.27. The van der Waals surface area contributed by atoms with Crippen LogP contribution in [-0.4, -0.2) is 51.1 Å². The van der Waals surface area contributed by atoms with Gasteiger partial charge < -0.3 is 62.5 Å². The van der Waals surface area contributed by atoms with Gasteiger partial charge in [-0.3, -0.25) is 0 Å². The number of phenolic OH excluding ortho intramolecular Hbond substituents is 10. The maximum Gasteiger partial charge on any atom is 0.204 e. The van der Waals surface area contributed by atoms with Gasteiger partial charge in [-0.15, -0.1) is 0 Å². The van der Waals surface area contributed by atoms with E-state index in [1.807, 2.05) is 0 Å². The van der Waals surface area contributed by atoms with Gasteiger partial charge in [0.2, 0.25) is 23.0 Å². The Morgan fingerprint density at radius 3 is 0.883 bits per heavy atom. The molecule has 0 saturated carbocycles. The summed E-state index contributed by atoms with van der Waals surface area (Å²) in [6.07, 6.45) is 10.6. The summed E-state index contributed by atoms with van der Waals surface area (Å²) in [7, 11) is 0. The number of fused-ring (bicyclic) bond motifs is 2. The zero-order valence-electron chi connectivity index (χ0n) is 34.1. The van der Waals surface area contributed by atoms with Gasteiger partial charge in [-0.25, -0.2) is 0 Å². The van der Waals surface area contributed by atoms with E-state index in [1.54, 1.807) is 48.5 Å². The molecule has 14 N–H and O–H groups in total. The Balaban J connectivity index is 1.85. The van der Waals surface area contributed by atoms with Crippen molar-refractivity contribution in [3.05, 3.63) is 59.7 Å². The molecule has 0 bridgehead atoms. The molecule has 0 radical (unpaired) electrons. The van der Waals surface area contributed by atoms with Crippen molar-refractivity contribution < 1.29 is 51.1 Å². The quantitative estimate of drug-likeness (QED) is 0.0178. The summed E-state index contributed by atoms with van der Waals surface area (Å²) in [6, 6.07) is 12.7. The van der Waals surface area contributed by atoms with Crippen LogP contribution in [0.25, 0.3) is 54.9 Å². The SMILES string of the molecule is CCCCCCCCc1c(O)c(-c2ccc(N)cc2)c2c(O)c(O)c(O)c(O)c2c1-c1c(CCCCCCCC)c(O)c(-c2ccc(N)cc2)c2c(O)c(O)c(O)c(O)c12. The predicted octanol–water partition coefficient (Wildman–Crippen LogP) is 11.0. The minimum absolute atomic E-state index is 0.00473. The van der Waals surface area contributed by atoms with Crippen molar-refractivity contribution in [2.24, 2.45) is 0 Å². The van der Waals surface area contributed by atoms with Crippen molar-refractivity contribution >= 4 is 32.9 Å². The second-order valence-corrected chi connectivity index (χ2v) is 15.7. The van der Waals surface area contributed by atoms with Crippen LogP contribution in [0.5, 0.6) is 57.5 Å². The molecule has 0 aromatic heterocycles. The molecule has 6 aromatic carbocycles. The van der Waals surface area contributed by atoms with E-state index >= 15 is 0 Å². The number of hydrogen-bond donors (Lipinski definition) is 12. The highest BCUT2D eigenvalue weighted by Crippen LogP contribution is 2.63. The third kappa shape index (κ3) is 7.81. The van der Waals surface area contributed by atoms with Crippen molar-refractivity contribution in [3.63, 3.8) is 0 Å². The standard InChI is InChI=1S/C48H56N2O10/c1-3-5-7-9-11-13-15-29-33(37-35(41(53)45(57)47(59)43(37)55)31(39(29)51)25-17-21-27(49)22-18-25)34-30(16-14-12-10-8-6-4-2)40(52)32(26-19-23-28(50)24-20-26)36-38(34)44(56)48(60)46(58)42(36)54/h17-24,51-60H,3-16,49-50H2,1-2H3. The predicted molar refractivity (Wildman–Crippen MR) is 237 cm³/mol. The largest absolute Gasteiger partial charge is 0.507 e. The summed E-state index contributed by atoms with van der Waals surface area (Å²) in [5.74, 6) is -8.55. The topological polar surface area (TPSA) is 254 Å². The normalized spacial score (nSPS) is 11.6. The van der Waals surface area contributed by atoms with Gasteiger partial charge in [0.1, 0.15) is 11.5 Å². The first kappa shape index (κ1) is 43.0. The smallest absolute Gasteiger partial charge is 0.204 e. The second kappa shape index (κ2) is 18.1. The Bertz CT molecular complexity index is 2360. The Kier molecular flexibility index (Phi) is 13.0. The summed E-state index contributed by atoms with van der Waals surface area (Å²) in [5.41, 5.74) is 13.8. The monoisotopic (exact) mass is 820 g/mol. The van der Waals surface area contributed by atoms with Crippen molar-refractivity contribution in [2.45, 2.75) is 104 Å². The van der Waals surface area contributed by atoms with Crippen LogP contribution in [0.3, 0.4) is 0 Å². The number of benzene rings is 6. The lowest BCUT2D eigenvalue weighted by Crippen LogP contribution is -2.03. The number of rotatable bonds is 17. The first-order valence-electron chi connectivity index (χ1n) is 20.8. The van der Waals surface area contributed by atoms with Crippen molar-refractivity contribution in [1.29, 1.82) is 0 Å². The Morgan fingerprint density at radius 1 is 0.317 bits per heavy atom. The first-order chi connectivity index (χ1) is 28.8. The number of phenols is 10. The summed E-state index contributed by atoms with van der Waals surface area (Å²) >= 11 is 0. The van der Waals surface area contributed by atoms with E-state index in [-0.39, 0.29) is 79.3 Å². The van der Waals surface area contributed by atoms with Crippen molar-refractivity contribution in [1.82, 2.24) is 0 Å². The Hall–Kier alpha value is -6.56. The number of nitrogen functional groups attached to an aromatic ring is 2. The first-order valence-corrected chi connectivity index (χ1v) is 20.8. The molecule has 0 atom stereocenters. The molecule has 0 aliphatic rings. The maximum absolute atomic E-state index is 12.6. The fourth-order valence-electron chi connectivity index (χ4n) is 8.51. The number of nitrogens with two attached hydrogens (primary N) is 2. The Morgan fingerprint density at radius 2 is 0.583 bits per heavy atom. The maximum atomic E-state index is 12.6. The molecule has 12 heteroatoms. The van der Waals surface area contributed by atoms with Gasteiger partial charge in [0.25, 0.3) is 0 Å². The van der Waals surface area contributed by atoms with Crippen LogP contribution in [0.1, 0.15) is 102 Å². The van der Waals surface area contributed by atoms with E-state index in [4.69, 9.17) is 11.5 Å². The molecule has 6 aromatic rings. The molecule has 0 fully saturated rings. The van der Waals surface area contributed by atoms with Crippen molar-refractivity contribution in [2.75, 3.05) is 11.5 Å². The molecule has 318 valence electrons. The summed E-state index contributed by atoms with van der Waals surface area (Å²) in [5, 5.41) is 116. The van der Waals surface area contributed by atoms with Gasteiger partial charge in [0.05, 0.1) is 0 Å². The molecule has 12 nitrogen and oxygen atoms in total. The molecule has 60 heavy (non-hydrogen) atoms. The zero-order valence-corrected chi connectivity index (χ0v) is 34.1. The minimum atomic E-state index is -1.07. The fraction of sp³-hybridized carbons (Fsp3) is 0.333. The van der Waals surface area contributed by atoms with E-state index in [0.29, 0.717) is 35.3 Å². The summed E-state index contributed by atoms with van der Waals surface area (Å²) < 4.78 is 0. The van der Waals surface area contributed by atoms with Gasteiger partial charge in [0, 0.05) is 66.3 Å². The summed E-state index contributed by atoms with van der Waals surface area (Å²) in [4.78, 5) is 0. The highest BCUT2D eigenvalue weighted by atomic mass is 16.4. The van der Waals surface area contributed by atoms with Crippen LogP contribution in [-0.2, 0) is 12.8 Å². The fourth-order valence-corrected chi connectivity index (χ4v) is 8.51. The van der Waals surface area contributed by atoms with Crippen LogP contribution in [0.2, 0.25) is 0 Å². The average Bonchev–Trinajstić information content (AvgIpc) is 3.24. The van der Waals surface area contributed by atoms with Crippen LogP contribution in [0, 0.1) is 0 Å². The number of hydrogen-bond acceptors (Lipinski definition) is 12. The third-order valence-corrected chi connectivity index (χ3v) is 11.7. The molecule has 0 spiro atoms. The number of anilines is 2. The van der Waals surface area contributed by atoms with Crippen LogP contribution >= 0.6 is 0 Å².